The average Bonchev–Trinajstić information content (AvgIpc) is 2.77. The fraction of sp³-hybridized carbons (Fsp3) is 0.524. The van der Waals surface area contributed by atoms with Gasteiger partial charge in [0.25, 0.3) is 0 Å². The molecule has 29 heavy (non-hydrogen) atoms. The zero-order valence-electron chi connectivity index (χ0n) is 17.0. The Balaban J connectivity index is 1.45. The van der Waals surface area contributed by atoms with Crippen LogP contribution in [0.2, 0.25) is 0 Å². The standard InChI is InChI=1S/C21H29N5O2S/c1-23-17(15-25-10-12-29-13-11-25)14-19(27)21(28)18(23)16-24-6-8-26(9-7-24)20-4-2-3-5-22-20/h2-5,14,28H,6-13,15-16H2,1H3. The predicted octanol–water partition coefficient (Wildman–Crippen LogP) is 1.36. The molecule has 8 heteroatoms. The van der Waals surface area contributed by atoms with E-state index >= 15 is 0 Å². The normalized spacial score (nSPS) is 18.9. The van der Waals surface area contributed by atoms with Gasteiger partial charge < -0.3 is 14.6 Å². The summed E-state index contributed by atoms with van der Waals surface area (Å²) in [7, 11) is 1.96. The van der Waals surface area contributed by atoms with Crippen LogP contribution >= 0.6 is 11.8 Å². The Kier molecular flexibility index (Phi) is 6.42. The van der Waals surface area contributed by atoms with Crippen molar-refractivity contribution in [3.05, 3.63) is 52.1 Å². The van der Waals surface area contributed by atoms with Crippen LogP contribution in [-0.4, -0.2) is 75.2 Å². The van der Waals surface area contributed by atoms with Crippen LogP contribution in [0, 0.1) is 0 Å². The van der Waals surface area contributed by atoms with Gasteiger partial charge >= 0.3 is 0 Å². The van der Waals surface area contributed by atoms with Crippen molar-refractivity contribution in [1.82, 2.24) is 19.4 Å². The molecule has 0 amide bonds. The number of aromatic hydroxyl groups is 1. The van der Waals surface area contributed by atoms with E-state index in [2.05, 4.69) is 19.7 Å². The summed E-state index contributed by atoms with van der Waals surface area (Å²) in [5.74, 6) is 3.17. The number of piperazine rings is 1. The van der Waals surface area contributed by atoms with Crippen molar-refractivity contribution < 1.29 is 5.11 Å². The molecule has 7 nitrogen and oxygen atoms in total. The molecule has 2 fully saturated rings. The Morgan fingerprint density at radius 1 is 1.03 bits per heavy atom. The molecule has 4 rings (SSSR count). The van der Waals surface area contributed by atoms with Crippen molar-refractivity contribution >= 4 is 17.6 Å². The van der Waals surface area contributed by atoms with Crippen LogP contribution in [0.1, 0.15) is 11.4 Å². The van der Waals surface area contributed by atoms with E-state index in [4.69, 9.17) is 0 Å². The molecule has 1 N–H and O–H groups in total. The number of nitrogens with zero attached hydrogens (tertiary/aromatic N) is 5. The lowest BCUT2D eigenvalue weighted by Gasteiger charge is -2.36. The second-order valence-electron chi connectivity index (χ2n) is 7.69. The van der Waals surface area contributed by atoms with Crippen LogP contribution in [-0.2, 0) is 20.1 Å². The second kappa shape index (κ2) is 9.19. The van der Waals surface area contributed by atoms with Crippen molar-refractivity contribution in [1.29, 1.82) is 0 Å². The molecule has 2 aliphatic rings. The third-order valence-electron chi connectivity index (χ3n) is 5.85. The lowest BCUT2D eigenvalue weighted by molar-refractivity contribution is 0.237. The molecule has 2 aromatic heterocycles. The number of hydrogen-bond acceptors (Lipinski definition) is 7. The van der Waals surface area contributed by atoms with Crippen LogP contribution in [0.4, 0.5) is 5.82 Å². The summed E-state index contributed by atoms with van der Waals surface area (Å²) in [6.07, 6.45) is 1.82. The highest BCUT2D eigenvalue weighted by Gasteiger charge is 2.22. The maximum atomic E-state index is 12.4. The summed E-state index contributed by atoms with van der Waals surface area (Å²) in [6.45, 7) is 6.95. The van der Waals surface area contributed by atoms with E-state index in [1.54, 1.807) is 6.07 Å². The van der Waals surface area contributed by atoms with Crippen LogP contribution in [0.15, 0.2) is 35.3 Å². The van der Waals surface area contributed by atoms with Gasteiger partial charge in [0, 0.05) is 88.9 Å². The first-order chi connectivity index (χ1) is 14.1. The van der Waals surface area contributed by atoms with Gasteiger partial charge in [0.05, 0.1) is 5.69 Å². The predicted molar refractivity (Wildman–Crippen MR) is 118 cm³/mol. The maximum absolute atomic E-state index is 12.4. The number of rotatable bonds is 5. The summed E-state index contributed by atoms with van der Waals surface area (Å²) in [5.41, 5.74) is 1.42. The van der Waals surface area contributed by atoms with Crippen molar-refractivity contribution in [2.24, 2.45) is 7.05 Å². The largest absolute Gasteiger partial charge is 0.503 e. The fourth-order valence-corrected chi connectivity index (χ4v) is 4.98. The summed E-state index contributed by atoms with van der Waals surface area (Å²) >= 11 is 1.98. The molecule has 4 heterocycles. The highest BCUT2D eigenvalue weighted by molar-refractivity contribution is 7.99. The number of thioether (sulfide) groups is 1. The van der Waals surface area contributed by atoms with Crippen LogP contribution in [0.5, 0.6) is 5.75 Å². The molecule has 2 aliphatic heterocycles. The van der Waals surface area contributed by atoms with Gasteiger partial charge in [-0.15, -0.1) is 0 Å². The first kappa shape index (κ1) is 20.3. The molecule has 0 aliphatic carbocycles. The minimum Gasteiger partial charge on any atom is -0.503 e. The maximum Gasteiger partial charge on any atom is 0.223 e. The first-order valence-electron chi connectivity index (χ1n) is 10.2. The Morgan fingerprint density at radius 3 is 2.45 bits per heavy atom. The summed E-state index contributed by atoms with van der Waals surface area (Å²) in [4.78, 5) is 23.8. The monoisotopic (exact) mass is 415 g/mol. The SMILES string of the molecule is Cn1c(CN2CCSCC2)cc(=O)c(O)c1CN1CCN(c2ccccn2)CC1. The van der Waals surface area contributed by atoms with E-state index in [-0.39, 0.29) is 11.2 Å². The highest BCUT2D eigenvalue weighted by Crippen LogP contribution is 2.20. The van der Waals surface area contributed by atoms with E-state index in [1.165, 1.54) is 0 Å². The van der Waals surface area contributed by atoms with Crippen molar-refractivity contribution in [3.8, 4) is 5.75 Å². The van der Waals surface area contributed by atoms with Gasteiger partial charge in [0.15, 0.2) is 5.75 Å². The summed E-state index contributed by atoms with van der Waals surface area (Å²) in [5, 5.41) is 10.5. The van der Waals surface area contributed by atoms with Crippen LogP contribution < -0.4 is 10.3 Å². The van der Waals surface area contributed by atoms with Gasteiger partial charge in [-0.3, -0.25) is 14.6 Å². The fourth-order valence-electron chi connectivity index (χ4n) is 4.00. The molecule has 0 aromatic carbocycles. The van der Waals surface area contributed by atoms with Crippen molar-refractivity contribution in [3.63, 3.8) is 0 Å². The van der Waals surface area contributed by atoms with E-state index in [0.717, 1.165) is 68.8 Å². The molecule has 0 unspecified atom stereocenters. The van der Waals surface area contributed by atoms with Gasteiger partial charge in [-0.1, -0.05) is 6.07 Å². The summed E-state index contributed by atoms with van der Waals surface area (Å²) in [6, 6.07) is 7.57. The Bertz CT molecular complexity index is 875. The van der Waals surface area contributed by atoms with Gasteiger partial charge in [-0.25, -0.2) is 4.98 Å². The van der Waals surface area contributed by atoms with Gasteiger partial charge in [0.1, 0.15) is 5.82 Å². The molecular weight excluding hydrogens is 386 g/mol. The van der Waals surface area contributed by atoms with Gasteiger partial charge in [0.2, 0.25) is 5.43 Å². The average molecular weight is 416 g/mol. The van der Waals surface area contributed by atoms with Crippen LogP contribution in [0.25, 0.3) is 0 Å². The third-order valence-corrected chi connectivity index (χ3v) is 6.79. The Hall–Kier alpha value is -2.03. The summed E-state index contributed by atoms with van der Waals surface area (Å²) < 4.78 is 2.02. The Labute approximate surface area is 175 Å². The van der Waals surface area contributed by atoms with Crippen LogP contribution in [0.3, 0.4) is 0 Å². The van der Waals surface area contributed by atoms with Crippen molar-refractivity contribution in [2.75, 3.05) is 55.7 Å². The highest BCUT2D eigenvalue weighted by atomic mass is 32.2. The zero-order valence-corrected chi connectivity index (χ0v) is 17.8. The van der Waals surface area contributed by atoms with Gasteiger partial charge in [-0.05, 0) is 12.1 Å². The van der Waals surface area contributed by atoms with Crippen molar-refractivity contribution in [2.45, 2.75) is 13.1 Å². The van der Waals surface area contributed by atoms with Gasteiger partial charge in [-0.2, -0.15) is 11.8 Å². The first-order valence-corrected chi connectivity index (χ1v) is 11.4. The minimum absolute atomic E-state index is 0.113. The lowest BCUT2D eigenvalue weighted by Crippen LogP contribution is -2.46. The molecule has 0 atom stereocenters. The quantitative estimate of drug-likeness (QED) is 0.791. The topological polar surface area (TPSA) is 64.8 Å². The lowest BCUT2D eigenvalue weighted by atomic mass is 10.2. The van der Waals surface area contributed by atoms with E-state index in [0.29, 0.717) is 12.2 Å². The van der Waals surface area contributed by atoms with E-state index in [9.17, 15) is 9.90 Å². The zero-order chi connectivity index (χ0) is 20.2. The number of aromatic nitrogens is 2. The Morgan fingerprint density at radius 2 is 1.76 bits per heavy atom. The number of anilines is 1. The molecule has 2 aromatic rings. The molecular formula is C21H29N5O2S. The second-order valence-corrected chi connectivity index (χ2v) is 8.92. The molecule has 0 saturated carbocycles. The smallest absolute Gasteiger partial charge is 0.223 e. The number of pyridine rings is 2. The number of hydrogen-bond donors (Lipinski definition) is 1. The molecule has 0 spiro atoms. The van der Waals surface area contributed by atoms with E-state index in [1.807, 2.05) is 47.8 Å². The molecule has 0 radical (unpaired) electrons. The minimum atomic E-state index is -0.272. The molecule has 0 bridgehead atoms. The van der Waals surface area contributed by atoms with E-state index < -0.39 is 0 Å². The third kappa shape index (κ3) is 4.76. The molecule has 2 saturated heterocycles. The molecule has 156 valence electrons.